The zero-order chi connectivity index (χ0) is 15.0. The van der Waals surface area contributed by atoms with Crippen molar-refractivity contribution in [3.05, 3.63) is 21.7 Å². The van der Waals surface area contributed by atoms with E-state index in [0.29, 0.717) is 16.8 Å². The minimum Gasteiger partial charge on any atom is -0.360 e. The lowest BCUT2D eigenvalue weighted by atomic mass is 10.0. The zero-order valence-corrected chi connectivity index (χ0v) is 13.0. The molecule has 114 valence electrons. The molecule has 7 nitrogen and oxygen atoms in total. The van der Waals surface area contributed by atoms with E-state index in [4.69, 9.17) is 0 Å². The van der Waals surface area contributed by atoms with Gasteiger partial charge in [-0.05, 0) is 31.6 Å². The van der Waals surface area contributed by atoms with Gasteiger partial charge < -0.3 is 20.3 Å². The molecule has 0 spiro atoms. The molecule has 21 heavy (non-hydrogen) atoms. The van der Waals surface area contributed by atoms with Gasteiger partial charge in [-0.2, -0.15) is 9.38 Å². The number of anilines is 1. The summed E-state index contributed by atoms with van der Waals surface area (Å²) in [7, 11) is 0. The van der Waals surface area contributed by atoms with Crippen LogP contribution in [0.25, 0.3) is 4.96 Å². The maximum Gasteiger partial charge on any atom is 0.372 e. The lowest BCUT2D eigenvalue weighted by Crippen LogP contribution is -2.42. The highest BCUT2D eigenvalue weighted by atomic mass is 32.1. The van der Waals surface area contributed by atoms with Crippen LogP contribution in [0.15, 0.2) is 11.6 Å². The van der Waals surface area contributed by atoms with Crippen LogP contribution in [0.5, 0.6) is 0 Å². The molecule has 0 saturated carbocycles. The van der Waals surface area contributed by atoms with Crippen molar-refractivity contribution < 1.29 is 4.92 Å². The average Bonchev–Trinajstić information content (AvgIpc) is 2.98. The Morgan fingerprint density at radius 3 is 2.81 bits per heavy atom. The topological polar surface area (TPSA) is 75.7 Å². The van der Waals surface area contributed by atoms with Gasteiger partial charge in [0, 0.05) is 30.6 Å². The van der Waals surface area contributed by atoms with E-state index in [1.54, 1.807) is 11.6 Å². The van der Waals surface area contributed by atoms with E-state index in [1.807, 2.05) is 0 Å². The second-order valence-electron chi connectivity index (χ2n) is 5.65. The fraction of sp³-hybridized carbons (Fsp3) is 0.615. The monoisotopic (exact) mass is 309 g/mol. The lowest BCUT2D eigenvalue weighted by Gasteiger charge is -2.34. The molecular weight excluding hydrogens is 290 g/mol. The predicted molar refractivity (Wildman–Crippen MR) is 83.1 cm³/mol. The number of likely N-dealkylation sites (tertiary alicyclic amines) is 1. The van der Waals surface area contributed by atoms with Gasteiger partial charge in [0.15, 0.2) is 0 Å². The number of imidazole rings is 1. The lowest BCUT2D eigenvalue weighted by molar-refractivity contribution is -0.389. The van der Waals surface area contributed by atoms with Gasteiger partial charge >= 0.3 is 5.82 Å². The highest BCUT2D eigenvalue weighted by Gasteiger charge is 2.27. The summed E-state index contributed by atoms with van der Waals surface area (Å²) in [6.07, 6.45) is 3.67. The highest BCUT2D eigenvalue weighted by molar-refractivity contribution is 7.15. The van der Waals surface area contributed by atoms with Gasteiger partial charge in [0.2, 0.25) is 5.82 Å². The van der Waals surface area contributed by atoms with Gasteiger partial charge in [-0.15, -0.1) is 0 Å². The Morgan fingerprint density at radius 2 is 2.19 bits per heavy atom. The number of piperidine rings is 1. The molecule has 0 radical (unpaired) electrons. The summed E-state index contributed by atoms with van der Waals surface area (Å²) in [5.74, 6) is 0.437. The quantitative estimate of drug-likeness (QED) is 0.694. The summed E-state index contributed by atoms with van der Waals surface area (Å²) in [5.41, 5.74) is 0. The molecule has 0 aromatic carbocycles. The summed E-state index contributed by atoms with van der Waals surface area (Å²) in [6, 6.07) is 0.807. The standard InChI is InChI=1S/C13H19N5O2S/c1-9(2)16-5-3-10(4-6-16)14-11-12(18(19)20)17-7-8-21-13(17)15-11/h7-10,14H,3-6H2,1-2H3. The SMILES string of the molecule is CC(C)N1CCC(Nc2nc3sccn3c2[N+](=O)[O-])CC1. The predicted octanol–water partition coefficient (Wildman–Crippen LogP) is 2.59. The summed E-state index contributed by atoms with van der Waals surface area (Å²) in [5, 5.41) is 16.4. The maximum atomic E-state index is 11.3. The Kier molecular flexibility index (Phi) is 3.81. The molecule has 3 rings (SSSR count). The van der Waals surface area contributed by atoms with E-state index in [2.05, 4.69) is 29.0 Å². The fourth-order valence-corrected chi connectivity index (χ4v) is 3.51. The van der Waals surface area contributed by atoms with Gasteiger partial charge in [0.05, 0.1) is 0 Å². The number of rotatable bonds is 4. The number of hydrogen-bond acceptors (Lipinski definition) is 6. The molecule has 1 aliphatic rings. The molecule has 1 saturated heterocycles. The third-order valence-corrected chi connectivity index (χ3v) is 4.77. The largest absolute Gasteiger partial charge is 0.372 e. The molecule has 0 aliphatic carbocycles. The van der Waals surface area contributed by atoms with Gasteiger partial charge in [0.25, 0.3) is 4.96 Å². The van der Waals surface area contributed by atoms with Crippen molar-refractivity contribution in [2.45, 2.75) is 38.8 Å². The molecule has 1 fully saturated rings. The molecule has 8 heteroatoms. The van der Waals surface area contributed by atoms with Gasteiger partial charge in [0.1, 0.15) is 6.20 Å². The Bertz CT molecular complexity index is 642. The smallest absolute Gasteiger partial charge is 0.360 e. The summed E-state index contributed by atoms with van der Waals surface area (Å²) in [4.78, 5) is 18.4. The number of fused-ring (bicyclic) bond motifs is 1. The van der Waals surface area contributed by atoms with Crippen molar-refractivity contribution in [1.82, 2.24) is 14.3 Å². The normalized spacial score (nSPS) is 17.7. The first-order chi connectivity index (χ1) is 10.1. The highest BCUT2D eigenvalue weighted by Crippen LogP contribution is 2.29. The zero-order valence-electron chi connectivity index (χ0n) is 12.2. The molecule has 2 aromatic rings. The number of nitrogens with one attached hydrogen (secondary N) is 1. The van der Waals surface area contributed by atoms with Crippen molar-refractivity contribution in [2.75, 3.05) is 18.4 Å². The van der Waals surface area contributed by atoms with E-state index < -0.39 is 0 Å². The van der Waals surface area contributed by atoms with Gasteiger partial charge in [-0.25, -0.2) is 0 Å². The third-order valence-electron chi connectivity index (χ3n) is 4.01. The fourth-order valence-electron chi connectivity index (χ4n) is 2.80. The van der Waals surface area contributed by atoms with Crippen LogP contribution in [0.4, 0.5) is 11.6 Å². The van der Waals surface area contributed by atoms with Crippen LogP contribution in [0, 0.1) is 10.1 Å². The third kappa shape index (κ3) is 2.73. The molecule has 0 bridgehead atoms. The van der Waals surface area contributed by atoms with Crippen LogP contribution in [0.2, 0.25) is 0 Å². The number of thiazole rings is 1. The first kappa shape index (κ1) is 14.3. The number of nitrogens with zero attached hydrogens (tertiary/aromatic N) is 4. The Hall–Kier alpha value is -1.67. The number of nitro groups is 1. The molecule has 0 amide bonds. The van der Waals surface area contributed by atoms with E-state index in [0.717, 1.165) is 25.9 Å². The molecule has 0 unspecified atom stereocenters. The first-order valence-corrected chi connectivity index (χ1v) is 8.04. The average molecular weight is 309 g/mol. The van der Waals surface area contributed by atoms with Gasteiger partial charge in [-0.1, -0.05) is 11.3 Å². The summed E-state index contributed by atoms with van der Waals surface area (Å²) < 4.78 is 1.54. The Morgan fingerprint density at radius 1 is 1.48 bits per heavy atom. The van der Waals surface area contributed by atoms with Crippen molar-refractivity contribution in [3.63, 3.8) is 0 Å². The van der Waals surface area contributed by atoms with Crippen molar-refractivity contribution >= 4 is 27.9 Å². The van der Waals surface area contributed by atoms with Crippen LogP contribution >= 0.6 is 11.3 Å². The van der Waals surface area contributed by atoms with Crippen LogP contribution in [-0.4, -0.2) is 44.4 Å². The maximum absolute atomic E-state index is 11.3. The number of aromatic nitrogens is 2. The second-order valence-corrected chi connectivity index (χ2v) is 6.52. The minimum atomic E-state index is -0.363. The molecule has 0 atom stereocenters. The molecule has 2 aromatic heterocycles. The summed E-state index contributed by atoms with van der Waals surface area (Å²) in [6.45, 7) is 6.43. The van der Waals surface area contributed by atoms with Crippen LogP contribution in [0.3, 0.4) is 0 Å². The van der Waals surface area contributed by atoms with E-state index >= 15 is 0 Å². The van der Waals surface area contributed by atoms with E-state index in [1.165, 1.54) is 15.7 Å². The molecule has 1 aliphatic heterocycles. The minimum absolute atomic E-state index is 0.0394. The Labute approximate surface area is 126 Å². The first-order valence-electron chi connectivity index (χ1n) is 7.17. The van der Waals surface area contributed by atoms with Crippen LogP contribution < -0.4 is 5.32 Å². The van der Waals surface area contributed by atoms with Crippen LogP contribution in [0.1, 0.15) is 26.7 Å². The molecule has 1 N–H and O–H groups in total. The Balaban J connectivity index is 1.75. The van der Waals surface area contributed by atoms with Gasteiger partial charge in [-0.3, -0.25) is 0 Å². The molecular formula is C13H19N5O2S. The van der Waals surface area contributed by atoms with Crippen LogP contribution in [-0.2, 0) is 0 Å². The number of hydrogen-bond donors (Lipinski definition) is 1. The second kappa shape index (κ2) is 5.61. The van der Waals surface area contributed by atoms with Crippen molar-refractivity contribution in [3.8, 4) is 0 Å². The van der Waals surface area contributed by atoms with Crippen molar-refractivity contribution in [2.24, 2.45) is 0 Å². The summed E-state index contributed by atoms with van der Waals surface area (Å²) >= 11 is 1.41. The van der Waals surface area contributed by atoms with E-state index in [-0.39, 0.29) is 16.8 Å². The molecule has 3 heterocycles. The van der Waals surface area contributed by atoms with Crippen molar-refractivity contribution in [1.29, 1.82) is 0 Å². The van der Waals surface area contributed by atoms with E-state index in [9.17, 15) is 10.1 Å².